The van der Waals surface area contributed by atoms with Gasteiger partial charge in [0, 0.05) is 74.0 Å². The molecule has 3 fully saturated rings. The van der Waals surface area contributed by atoms with E-state index in [9.17, 15) is 44.1 Å². The molecular formula is C46H53N9O9. The number of carboxylic acid groups (broad SMARTS) is 1. The first-order chi connectivity index (χ1) is 30.7. The number of hydrogen-bond donors (Lipinski definition) is 5. The number of fused-ring (bicyclic) bond motifs is 1. The number of phenolic OH excluding ortho intramolecular Hbond substituents is 2. The first-order valence-electron chi connectivity index (χ1n) is 21.9. The fourth-order valence-corrected chi connectivity index (χ4v) is 9.53. The molecule has 4 aliphatic heterocycles. The second-order valence-corrected chi connectivity index (χ2v) is 17.3. The number of rotatable bonds is 11. The number of likely N-dealkylation sites (tertiary alicyclic amines) is 2. The molecule has 5 heterocycles. The van der Waals surface area contributed by atoms with E-state index in [2.05, 4.69) is 25.7 Å². The molecule has 3 aromatic carbocycles. The first-order valence-corrected chi connectivity index (χ1v) is 21.9. The predicted octanol–water partition coefficient (Wildman–Crippen LogP) is 4.37. The van der Waals surface area contributed by atoms with Gasteiger partial charge in [0.1, 0.15) is 17.5 Å². The standard InChI is InChI=1S/C46H53N9O9/c1-4-47-43(60)41-50-49-40(33-22-32(26(2)3)37(56)23-38(33)57)55(41)29-10-8-27(9-11-29)24-51-18-14-28(15-19-51)44(61)52-20-16-30(17-21-52)54(46(63)64)35-7-5-6-31-34(35)25-53(45(31)62)36-12-13-39(58)48-42(36)59/h5-11,22-23,26,28,30,36,56-57H,4,12-21,24-25H2,1-3H3,(H,47,60)(H,63,64)(H,48,58,59). The lowest BCUT2D eigenvalue weighted by Crippen LogP contribution is -2.52. The number of aromatic nitrogens is 3. The number of imide groups is 1. The van der Waals surface area contributed by atoms with Crippen LogP contribution < -0.4 is 15.5 Å². The van der Waals surface area contributed by atoms with Crippen LogP contribution in [-0.4, -0.2) is 125 Å². The molecule has 64 heavy (non-hydrogen) atoms. The summed E-state index contributed by atoms with van der Waals surface area (Å²) in [5, 5.41) is 45.4. The number of phenols is 2. The maximum absolute atomic E-state index is 13.8. The van der Waals surface area contributed by atoms with Crippen molar-refractivity contribution in [3.05, 3.63) is 82.7 Å². The molecule has 8 rings (SSSR count). The van der Waals surface area contributed by atoms with Crippen LogP contribution in [0.5, 0.6) is 11.5 Å². The average molecular weight is 876 g/mol. The Morgan fingerprint density at radius 1 is 0.891 bits per heavy atom. The summed E-state index contributed by atoms with van der Waals surface area (Å²) in [6.07, 6.45) is 1.38. The van der Waals surface area contributed by atoms with Gasteiger partial charge in [-0.3, -0.25) is 43.7 Å². The molecule has 1 aromatic heterocycles. The van der Waals surface area contributed by atoms with Crippen molar-refractivity contribution in [1.29, 1.82) is 0 Å². The van der Waals surface area contributed by atoms with Crippen molar-refractivity contribution in [2.24, 2.45) is 5.92 Å². The summed E-state index contributed by atoms with van der Waals surface area (Å²) in [4.78, 5) is 84.4. The van der Waals surface area contributed by atoms with Gasteiger partial charge in [0.2, 0.25) is 23.5 Å². The van der Waals surface area contributed by atoms with Gasteiger partial charge in [-0.25, -0.2) is 4.79 Å². The molecule has 6 amide bonds. The molecule has 4 aliphatic rings. The van der Waals surface area contributed by atoms with Crippen LogP contribution in [0, 0.1) is 5.92 Å². The highest BCUT2D eigenvalue weighted by atomic mass is 16.4. The molecule has 4 aromatic rings. The van der Waals surface area contributed by atoms with Crippen LogP contribution in [0.1, 0.15) is 103 Å². The summed E-state index contributed by atoms with van der Waals surface area (Å²) in [5.74, 6) is -1.77. The SMILES string of the molecule is CCNC(=O)c1nnc(-c2cc(C(C)C)c(O)cc2O)n1-c1ccc(CN2CCC(C(=O)N3CCC(N(C(=O)O)c4cccc5c4CN(C4CCC(=O)NC4=O)C5=O)CC3)CC2)cc1. The predicted molar refractivity (Wildman–Crippen MR) is 233 cm³/mol. The van der Waals surface area contributed by atoms with E-state index in [1.54, 1.807) is 35.8 Å². The van der Waals surface area contributed by atoms with E-state index >= 15 is 0 Å². The van der Waals surface area contributed by atoms with Gasteiger partial charge in [0.15, 0.2) is 5.82 Å². The number of aromatic hydroxyl groups is 2. The monoisotopic (exact) mass is 875 g/mol. The van der Waals surface area contributed by atoms with Gasteiger partial charge in [-0.2, -0.15) is 0 Å². The molecule has 1 unspecified atom stereocenters. The van der Waals surface area contributed by atoms with E-state index in [4.69, 9.17) is 0 Å². The third-order valence-electron chi connectivity index (χ3n) is 12.9. The van der Waals surface area contributed by atoms with Crippen LogP contribution in [0.4, 0.5) is 10.5 Å². The van der Waals surface area contributed by atoms with Gasteiger partial charge in [0.05, 0.1) is 11.3 Å². The van der Waals surface area contributed by atoms with Crippen molar-refractivity contribution >= 4 is 41.3 Å². The van der Waals surface area contributed by atoms with E-state index in [-0.39, 0.29) is 72.1 Å². The lowest BCUT2D eigenvalue weighted by molar-refractivity contribution is -0.138. The van der Waals surface area contributed by atoms with E-state index in [1.165, 1.54) is 15.9 Å². The van der Waals surface area contributed by atoms with Crippen LogP contribution in [0.3, 0.4) is 0 Å². The Morgan fingerprint density at radius 3 is 2.27 bits per heavy atom. The molecule has 0 radical (unpaired) electrons. The Kier molecular flexibility index (Phi) is 12.4. The normalized spacial score (nSPS) is 18.6. The van der Waals surface area contributed by atoms with Crippen molar-refractivity contribution in [2.75, 3.05) is 37.6 Å². The zero-order chi connectivity index (χ0) is 45.4. The van der Waals surface area contributed by atoms with Gasteiger partial charge in [-0.1, -0.05) is 32.0 Å². The highest BCUT2D eigenvalue weighted by Crippen LogP contribution is 2.39. The molecule has 0 bridgehead atoms. The number of piperidine rings is 3. The number of carbonyl (C=O) groups is 6. The van der Waals surface area contributed by atoms with Gasteiger partial charge in [-0.15, -0.1) is 10.2 Å². The Bertz CT molecular complexity index is 2490. The maximum atomic E-state index is 13.8. The first kappa shape index (κ1) is 43.8. The van der Waals surface area contributed by atoms with E-state index < -0.39 is 30.0 Å². The number of anilines is 1. The lowest BCUT2D eigenvalue weighted by Gasteiger charge is -2.40. The molecule has 3 saturated heterocycles. The Balaban J connectivity index is 0.879. The quantitative estimate of drug-likeness (QED) is 0.132. The highest BCUT2D eigenvalue weighted by Gasteiger charge is 2.42. The maximum Gasteiger partial charge on any atom is 0.412 e. The molecule has 0 saturated carbocycles. The number of nitrogens with one attached hydrogen (secondary N) is 2. The smallest absolute Gasteiger partial charge is 0.412 e. The van der Waals surface area contributed by atoms with Crippen LogP contribution >= 0.6 is 0 Å². The summed E-state index contributed by atoms with van der Waals surface area (Å²) in [7, 11) is 0. The van der Waals surface area contributed by atoms with E-state index in [0.29, 0.717) is 98.6 Å². The number of nitrogens with zero attached hydrogens (tertiary/aromatic N) is 7. The molecule has 0 spiro atoms. The topological polar surface area (TPSA) is 231 Å². The van der Waals surface area contributed by atoms with Gasteiger partial charge in [0.25, 0.3) is 11.8 Å². The molecule has 1 atom stereocenters. The second-order valence-electron chi connectivity index (χ2n) is 17.3. The minimum absolute atomic E-state index is 0.0362. The summed E-state index contributed by atoms with van der Waals surface area (Å²) in [6.45, 7) is 8.96. The van der Waals surface area contributed by atoms with Crippen molar-refractivity contribution in [1.82, 2.24) is 40.1 Å². The molecule has 18 nitrogen and oxygen atoms in total. The number of amides is 6. The van der Waals surface area contributed by atoms with Crippen molar-refractivity contribution in [3.8, 4) is 28.6 Å². The molecule has 18 heteroatoms. The van der Waals surface area contributed by atoms with E-state index in [0.717, 1.165) is 5.56 Å². The van der Waals surface area contributed by atoms with Crippen LogP contribution in [0.25, 0.3) is 17.1 Å². The Morgan fingerprint density at radius 2 is 1.61 bits per heavy atom. The van der Waals surface area contributed by atoms with Gasteiger partial charge < -0.3 is 30.4 Å². The van der Waals surface area contributed by atoms with Gasteiger partial charge >= 0.3 is 6.09 Å². The van der Waals surface area contributed by atoms with Crippen molar-refractivity contribution in [2.45, 2.75) is 90.4 Å². The van der Waals surface area contributed by atoms with Gasteiger partial charge in [-0.05, 0) is 99.5 Å². The third-order valence-corrected chi connectivity index (χ3v) is 12.9. The molecule has 336 valence electrons. The Hall–Kier alpha value is -6.82. The highest BCUT2D eigenvalue weighted by molar-refractivity contribution is 6.06. The fourth-order valence-electron chi connectivity index (χ4n) is 9.53. The summed E-state index contributed by atoms with van der Waals surface area (Å²) >= 11 is 0. The largest absolute Gasteiger partial charge is 0.508 e. The zero-order valence-electron chi connectivity index (χ0n) is 36.1. The minimum Gasteiger partial charge on any atom is -0.508 e. The van der Waals surface area contributed by atoms with Crippen LogP contribution in [-0.2, 0) is 27.5 Å². The lowest BCUT2D eigenvalue weighted by atomic mass is 9.93. The number of hydrogen-bond acceptors (Lipinski definition) is 11. The molecule has 0 aliphatic carbocycles. The van der Waals surface area contributed by atoms with Crippen molar-refractivity contribution in [3.63, 3.8) is 0 Å². The number of carbonyl (C=O) groups excluding carboxylic acids is 5. The summed E-state index contributed by atoms with van der Waals surface area (Å²) in [6, 6.07) is 14.3. The molecular weight excluding hydrogens is 823 g/mol. The summed E-state index contributed by atoms with van der Waals surface area (Å²) in [5.41, 5.74) is 3.84. The van der Waals surface area contributed by atoms with Crippen LogP contribution in [0.2, 0.25) is 0 Å². The summed E-state index contributed by atoms with van der Waals surface area (Å²) < 4.78 is 1.60. The fraction of sp³-hybridized carbons (Fsp3) is 0.435. The zero-order valence-corrected chi connectivity index (χ0v) is 36.1. The van der Waals surface area contributed by atoms with Crippen molar-refractivity contribution < 1.29 is 44.1 Å². The number of benzene rings is 3. The second kappa shape index (κ2) is 18.1. The minimum atomic E-state index is -1.16. The molecule has 5 N–H and O–H groups in total. The average Bonchev–Trinajstić information content (AvgIpc) is 3.86. The Labute approximate surface area is 369 Å². The third kappa shape index (κ3) is 8.48. The van der Waals surface area contributed by atoms with Crippen LogP contribution in [0.15, 0.2) is 54.6 Å². The van der Waals surface area contributed by atoms with E-state index in [1.807, 2.05) is 43.0 Å².